The Morgan fingerprint density at radius 2 is 1.04 bits per heavy atom. The number of ether oxygens (including phenoxy) is 1. The van der Waals surface area contributed by atoms with E-state index in [0.717, 1.165) is 7.11 Å². The summed E-state index contributed by atoms with van der Waals surface area (Å²) in [6.45, 7) is 0. The highest BCUT2D eigenvalue weighted by Crippen LogP contribution is 2.24. The van der Waals surface area contributed by atoms with Crippen LogP contribution in [0.3, 0.4) is 0 Å². The molecule has 0 aliphatic rings. The third-order valence-corrected chi connectivity index (χ3v) is 2.90. The second-order valence-electron chi connectivity index (χ2n) is 4.23. The highest BCUT2D eigenvalue weighted by molar-refractivity contribution is 6.67. The van der Waals surface area contributed by atoms with Gasteiger partial charge in [-0.25, -0.2) is 26.3 Å². The Morgan fingerprint density at radius 3 is 1.43 bits per heavy atom. The van der Waals surface area contributed by atoms with Gasteiger partial charge in [0, 0.05) is 6.07 Å². The molecule has 0 N–H and O–H groups in total. The largest absolute Gasteiger partial charge is 0.491 e. The molecule has 0 aliphatic heterocycles. The van der Waals surface area contributed by atoms with Crippen molar-refractivity contribution in [2.75, 3.05) is 7.11 Å². The average molecular weight is 339 g/mol. The maximum atomic E-state index is 13.7. The molecular weight excluding hydrogens is 335 g/mol. The molecule has 0 aliphatic carbocycles. The van der Waals surface area contributed by atoms with Crippen LogP contribution in [0, 0.1) is 46.5 Å². The lowest BCUT2D eigenvalue weighted by Gasteiger charge is -2.12. The van der Waals surface area contributed by atoms with Gasteiger partial charge in [0.15, 0.2) is 40.7 Å². The topological polar surface area (TPSA) is 9.23 Å². The lowest BCUT2D eigenvalue weighted by Crippen LogP contribution is -2.39. The minimum Gasteiger partial charge on any atom is -0.491 e. The zero-order chi connectivity index (χ0) is 17.5. The Kier molecular flexibility index (Phi) is 4.53. The van der Waals surface area contributed by atoms with Crippen LogP contribution in [-0.2, 0) is 0 Å². The summed E-state index contributed by atoms with van der Waals surface area (Å²) >= 11 is 0. The second kappa shape index (κ2) is 6.09. The standard InChI is InChI=1S/C13H4BF8O/c1-23-13-11(21)9(19)6(10(20)12(13)22)14-5-7(17)3(15)2-4(16)8(5)18/h2H,1H3. The van der Waals surface area contributed by atoms with Crippen molar-refractivity contribution < 1.29 is 39.9 Å². The maximum absolute atomic E-state index is 13.7. The van der Waals surface area contributed by atoms with Gasteiger partial charge >= 0.3 is 0 Å². The summed E-state index contributed by atoms with van der Waals surface area (Å²) in [5.74, 6) is -17.1. The molecule has 0 bridgehead atoms. The minimum absolute atomic E-state index is 0.0902. The van der Waals surface area contributed by atoms with Crippen LogP contribution in [0.1, 0.15) is 0 Å². The fraction of sp³-hybridized carbons (Fsp3) is 0.0769. The summed E-state index contributed by atoms with van der Waals surface area (Å²) in [5, 5.41) is 0. The van der Waals surface area contributed by atoms with E-state index in [2.05, 4.69) is 4.74 Å². The molecule has 0 atom stereocenters. The van der Waals surface area contributed by atoms with Crippen molar-refractivity contribution in [3.05, 3.63) is 52.6 Å². The van der Waals surface area contributed by atoms with Crippen molar-refractivity contribution in [2.45, 2.75) is 0 Å². The molecule has 23 heavy (non-hydrogen) atoms. The molecule has 2 rings (SSSR count). The van der Waals surface area contributed by atoms with Crippen LogP contribution in [0.4, 0.5) is 35.1 Å². The highest BCUT2D eigenvalue weighted by atomic mass is 19.2. The molecule has 0 saturated heterocycles. The van der Waals surface area contributed by atoms with E-state index < -0.39 is 63.2 Å². The molecule has 0 saturated carbocycles. The summed E-state index contributed by atoms with van der Waals surface area (Å²) in [6.07, 6.45) is 0. The number of hydrogen-bond acceptors (Lipinski definition) is 1. The highest BCUT2D eigenvalue weighted by Gasteiger charge is 2.29. The van der Waals surface area contributed by atoms with Gasteiger partial charge in [-0.2, -0.15) is 8.78 Å². The zero-order valence-corrected chi connectivity index (χ0v) is 11.1. The fourth-order valence-electron chi connectivity index (χ4n) is 1.80. The molecule has 121 valence electrons. The summed E-state index contributed by atoms with van der Waals surface area (Å²) in [6, 6.07) is -0.135. The molecule has 1 radical (unpaired) electrons. The van der Waals surface area contributed by atoms with E-state index in [1.807, 2.05) is 0 Å². The number of methoxy groups -OCH3 is 1. The fourth-order valence-corrected chi connectivity index (χ4v) is 1.80. The lowest BCUT2D eigenvalue weighted by atomic mass is 9.62. The first-order chi connectivity index (χ1) is 10.7. The molecule has 0 aromatic heterocycles. The van der Waals surface area contributed by atoms with Crippen molar-refractivity contribution in [1.29, 1.82) is 0 Å². The maximum Gasteiger partial charge on any atom is 0.207 e. The van der Waals surface area contributed by atoms with E-state index in [9.17, 15) is 35.1 Å². The van der Waals surface area contributed by atoms with E-state index >= 15 is 0 Å². The predicted molar refractivity (Wildman–Crippen MR) is 64.1 cm³/mol. The van der Waals surface area contributed by atoms with Gasteiger partial charge in [-0.15, -0.1) is 0 Å². The molecule has 0 spiro atoms. The van der Waals surface area contributed by atoms with Crippen LogP contribution >= 0.6 is 0 Å². The van der Waals surface area contributed by atoms with Crippen LogP contribution in [0.25, 0.3) is 0 Å². The van der Waals surface area contributed by atoms with E-state index in [4.69, 9.17) is 0 Å². The normalized spacial score (nSPS) is 10.8. The SMILES string of the molecule is COc1c(F)c(F)c([B]c2c(F)c(F)cc(F)c2F)c(F)c1F. The van der Waals surface area contributed by atoms with Gasteiger partial charge in [-0.3, -0.25) is 0 Å². The first-order valence-electron chi connectivity index (χ1n) is 5.78. The second-order valence-corrected chi connectivity index (χ2v) is 4.23. The Labute approximate surface area is 124 Å². The Hall–Kier alpha value is -2.26. The van der Waals surface area contributed by atoms with Crippen molar-refractivity contribution in [3.8, 4) is 5.75 Å². The van der Waals surface area contributed by atoms with Gasteiger partial charge in [0.25, 0.3) is 0 Å². The van der Waals surface area contributed by atoms with Crippen molar-refractivity contribution in [3.63, 3.8) is 0 Å². The zero-order valence-electron chi connectivity index (χ0n) is 11.1. The van der Waals surface area contributed by atoms with Crippen LogP contribution in [-0.4, -0.2) is 14.4 Å². The molecule has 10 heteroatoms. The van der Waals surface area contributed by atoms with Crippen LogP contribution in [0.15, 0.2) is 6.07 Å². The van der Waals surface area contributed by atoms with Gasteiger partial charge in [0.1, 0.15) is 0 Å². The monoisotopic (exact) mass is 339 g/mol. The van der Waals surface area contributed by atoms with Crippen molar-refractivity contribution in [2.24, 2.45) is 0 Å². The van der Waals surface area contributed by atoms with Gasteiger partial charge < -0.3 is 4.74 Å². The molecule has 2 aromatic rings. The molecule has 1 nitrogen and oxygen atoms in total. The van der Waals surface area contributed by atoms with E-state index in [1.54, 1.807) is 0 Å². The van der Waals surface area contributed by atoms with Gasteiger partial charge in [-0.05, 0) is 10.9 Å². The Bertz CT molecular complexity index is 737. The van der Waals surface area contributed by atoms with E-state index in [-0.39, 0.29) is 13.3 Å². The van der Waals surface area contributed by atoms with E-state index in [1.165, 1.54) is 0 Å². The van der Waals surface area contributed by atoms with Gasteiger partial charge in [-0.1, -0.05) is 0 Å². The minimum atomic E-state index is -2.05. The first kappa shape index (κ1) is 17.1. The number of rotatable bonds is 3. The van der Waals surface area contributed by atoms with Crippen molar-refractivity contribution >= 4 is 18.2 Å². The quantitative estimate of drug-likeness (QED) is 0.474. The molecule has 0 heterocycles. The average Bonchev–Trinajstić information content (AvgIpc) is 2.51. The third-order valence-electron chi connectivity index (χ3n) is 2.90. The Morgan fingerprint density at radius 1 is 0.652 bits per heavy atom. The summed E-state index contributed by atoms with van der Waals surface area (Å²) < 4.78 is 112. The summed E-state index contributed by atoms with van der Waals surface area (Å²) in [4.78, 5) is 0. The molecule has 0 amide bonds. The number of halogens is 8. The third kappa shape index (κ3) is 2.73. The van der Waals surface area contributed by atoms with Crippen LogP contribution < -0.4 is 15.7 Å². The van der Waals surface area contributed by atoms with Gasteiger partial charge in [0.2, 0.25) is 18.9 Å². The predicted octanol–water partition coefficient (Wildman–Crippen LogP) is 2.46. The van der Waals surface area contributed by atoms with E-state index in [0.29, 0.717) is 0 Å². The van der Waals surface area contributed by atoms with Crippen molar-refractivity contribution in [1.82, 2.24) is 0 Å². The molecule has 2 aromatic carbocycles. The first-order valence-corrected chi connectivity index (χ1v) is 5.78. The smallest absolute Gasteiger partial charge is 0.207 e. The molecular formula is C13H4BF8O. The number of benzene rings is 2. The lowest BCUT2D eigenvalue weighted by molar-refractivity contribution is 0.335. The molecule has 0 unspecified atom stereocenters. The Balaban J connectivity index is 2.68. The number of hydrogen-bond donors (Lipinski definition) is 0. The summed E-state index contributed by atoms with van der Waals surface area (Å²) in [5.41, 5.74) is -3.10. The van der Waals surface area contributed by atoms with Crippen LogP contribution in [0.5, 0.6) is 5.75 Å². The van der Waals surface area contributed by atoms with Crippen LogP contribution in [0.2, 0.25) is 0 Å². The van der Waals surface area contributed by atoms with Gasteiger partial charge in [0.05, 0.1) is 7.11 Å². The molecule has 0 fully saturated rings. The summed E-state index contributed by atoms with van der Waals surface area (Å²) in [7, 11) is 0.637.